The van der Waals surface area contributed by atoms with E-state index in [1.165, 1.54) is 19.2 Å². The molecule has 0 saturated heterocycles. The van der Waals surface area contributed by atoms with Crippen LogP contribution in [0.25, 0.3) is 0 Å². The Morgan fingerprint density at radius 2 is 1.83 bits per heavy atom. The summed E-state index contributed by atoms with van der Waals surface area (Å²) >= 11 is 0. The van der Waals surface area contributed by atoms with Crippen molar-refractivity contribution in [3.05, 3.63) is 29.8 Å². The summed E-state index contributed by atoms with van der Waals surface area (Å²) in [7, 11) is 1.35. The minimum Gasteiger partial charge on any atom is -0.481 e. The molecule has 0 spiro atoms. The maximum atomic E-state index is 12.1. The first-order valence-electron chi connectivity index (χ1n) is 7.07. The second-order valence-electron chi connectivity index (χ2n) is 4.91. The molecule has 0 radical (unpaired) electrons. The predicted molar refractivity (Wildman–Crippen MR) is 77.3 cm³/mol. The van der Waals surface area contributed by atoms with E-state index in [-0.39, 0.29) is 0 Å². The third-order valence-corrected chi connectivity index (χ3v) is 3.16. The van der Waals surface area contributed by atoms with E-state index < -0.39 is 42.6 Å². The molecule has 0 saturated carbocycles. The normalized spacial score (nSPS) is 13.9. The summed E-state index contributed by atoms with van der Waals surface area (Å²) in [5, 5.41) is 11.5. The fraction of sp³-hybridized carbons (Fsp3) is 0.467. The standard InChI is InChI=1S/C15H18F3NO5/c1-3-12(23-2)14(22)19-11(8-13(20)21)9-4-6-10(7-5-9)24-15(16,17)18/h4-7,11-12H,3,8H2,1-2H3,(H,19,22)(H,20,21). The minimum atomic E-state index is -4.82. The van der Waals surface area contributed by atoms with Crippen LogP contribution in [0.3, 0.4) is 0 Å². The van der Waals surface area contributed by atoms with Crippen LogP contribution in [0, 0.1) is 0 Å². The molecule has 0 aliphatic heterocycles. The second-order valence-corrected chi connectivity index (χ2v) is 4.91. The molecule has 2 atom stereocenters. The molecule has 0 aliphatic rings. The van der Waals surface area contributed by atoms with Crippen LogP contribution in [0.1, 0.15) is 31.4 Å². The molecule has 9 heteroatoms. The van der Waals surface area contributed by atoms with Gasteiger partial charge in [0.2, 0.25) is 5.91 Å². The molecule has 0 aliphatic carbocycles. The van der Waals surface area contributed by atoms with Gasteiger partial charge in [0.05, 0.1) is 12.5 Å². The summed E-state index contributed by atoms with van der Waals surface area (Å²) in [5.41, 5.74) is 0.339. The zero-order valence-corrected chi connectivity index (χ0v) is 13.1. The lowest BCUT2D eigenvalue weighted by atomic mass is 10.0. The maximum absolute atomic E-state index is 12.1. The Morgan fingerprint density at radius 1 is 1.25 bits per heavy atom. The highest BCUT2D eigenvalue weighted by molar-refractivity contribution is 5.82. The zero-order valence-electron chi connectivity index (χ0n) is 13.1. The number of carboxylic acids is 1. The molecule has 0 aromatic heterocycles. The molecule has 1 aromatic carbocycles. The molecule has 1 amide bonds. The summed E-state index contributed by atoms with van der Waals surface area (Å²) in [4.78, 5) is 23.0. The van der Waals surface area contributed by atoms with Crippen molar-refractivity contribution in [1.82, 2.24) is 5.32 Å². The monoisotopic (exact) mass is 349 g/mol. The Morgan fingerprint density at radius 3 is 2.25 bits per heavy atom. The SMILES string of the molecule is CCC(OC)C(=O)NC(CC(=O)O)c1ccc(OC(F)(F)F)cc1. The van der Waals surface area contributed by atoms with Crippen LogP contribution in [-0.4, -0.2) is 36.6 Å². The van der Waals surface area contributed by atoms with Crippen molar-refractivity contribution in [2.24, 2.45) is 0 Å². The summed E-state index contributed by atoms with van der Waals surface area (Å²) in [6, 6.07) is 3.74. The van der Waals surface area contributed by atoms with Crippen LogP contribution in [0.5, 0.6) is 5.75 Å². The fourth-order valence-electron chi connectivity index (χ4n) is 2.05. The van der Waals surface area contributed by atoms with Gasteiger partial charge >= 0.3 is 12.3 Å². The predicted octanol–water partition coefficient (Wildman–Crippen LogP) is 2.64. The number of hydrogen-bond acceptors (Lipinski definition) is 4. The number of rotatable bonds is 8. The van der Waals surface area contributed by atoms with Gasteiger partial charge in [-0.1, -0.05) is 19.1 Å². The van der Waals surface area contributed by atoms with Crippen molar-refractivity contribution in [3.8, 4) is 5.75 Å². The number of carbonyl (C=O) groups excluding carboxylic acids is 1. The molecular weight excluding hydrogens is 331 g/mol. The van der Waals surface area contributed by atoms with Crippen molar-refractivity contribution < 1.29 is 37.3 Å². The quantitative estimate of drug-likeness (QED) is 0.754. The molecule has 2 unspecified atom stereocenters. The van der Waals surface area contributed by atoms with E-state index in [0.29, 0.717) is 12.0 Å². The van der Waals surface area contributed by atoms with E-state index in [4.69, 9.17) is 9.84 Å². The van der Waals surface area contributed by atoms with Crippen LogP contribution in [0.2, 0.25) is 0 Å². The van der Waals surface area contributed by atoms with Gasteiger partial charge in [-0.15, -0.1) is 13.2 Å². The van der Waals surface area contributed by atoms with Crippen molar-refractivity contribution in [2.75, 3.05) is 7.11 Å². The van der Waals surface area contributed by atoms with E-state index in [1.807, 2.05) is 0 Å². The number of amides is 1. The number of carboxylic acid groups (broad SMARTS) is 1. The molecule has 0 fully saturated rings. The second kappa shape index (κ2) is 8.53. The lowest BCUT2D eigenvalue weighted by Crippen LogP contribution is -2.38. The Labute approximate surface area is 136 Å². The van der Waals surface area contributed by atoms with Gasteiger partial charge in [0.1, 0.15) is 11.9 Å². The summed E-state index contributed by atoms with van der Waals surface area (Å²) in [6.45, 7) is 1.73. The van der Waals surface area contributed by atoms with Crippen LogP contribution >= 0.6 is 0 Å². The number of aliphatic carboxylic acids is 1. The number of benzene rings is 1. The Kier molecular flexibility index (Phi) is 7.02. The Bertz CT molecular complexity index is 555. The number of nitrogens with one attached hydrogen (secondary N) is 1. The molecule has 134 valence electrons. The zero-order chi connectivity index (χ0) is 18.3. The highest BCUT2D eigenvalue weighted by atomic mass is 19.4. The fourth-order valence-corrected chi connectivity index (χ4v) is 2.05. The maximum Gasteiger partial charge on any atom is 0.573 e. The molecule has 2 N–H and O–H groups in total. The molecule has 1 rings (SSSR count). The topological polar surface area (TPSA) is 84.9 Å². The molecule has 6 nitrogen and oxygen atoms in total. The van der Waals surface area contributed by atoms with Crippen molar-refractivity contribution in [2.45, 2.75) is 38.3 Å². The van der Waals surface area contributed by atoms with E-state index >= 15 is 0 Å². The minimum absolute atomic E-state index is 0.339. The van der Waals surface area contributed by atoms with E-state index in [2.05, 4.69) is 10.1 Å². The van der Waals surface area contributed by atoms with Crippen molar-refractivity contribution in [1.29, 1.82) is 0 Å². The number of methoxy groups -OCH3 is 1. The molecule has 0 heterocycles. The molecule has 0 bridgehead atoms. The first kappa shape index (κ1) is 19.8. The average Bonchev–Trinajstić information content (AvgIpc) is 2.46. The summed E-state index contributed by atoms with van der Waals surface area (Å²) in [5.74, 6) is -2.10. The highest BCUT2D eigenvalue weighted by Gasteiger charge is 2.31. The number of alkyl halides is 3. The number of ether oxygens (including phenoxy) is 2. The Balaban J connectivity index is 2.91. The number of carbonyl (C=O) groups is 2. The summed E-state index contributed by atoms with van der Waals surface area (Å²) in [6.07, 6.45) is -5.59. The van der Waals surface area contributed by atoms with Crippen LogP contribution < -0.4 is 10.1 Å². The van der Waals surface area contributed by atoms with Crippen LogP contribution in [0.15, 0.2) is 24.3 Å². The Hall–Kier alpha value is -2.29. The van der Waals surface area contributed by atoms with Gasteiger partial charge < -0.3 is 19.9 Å². The average molecular weight is 349 g/mol. The van der Waals surface area contributed by atoms with E-state index in [0.717, 1.165) is 12.1 Å². The third-order valence-electron chi connectivity index (χ3n) is 3.16. The summed E-state index contributed by atoms with van der Waals surface area (Å²) < 4.78 is 45.1. The van der Waals surface area contributed by atoms with Gasteiger partial charge in [-0.25, -0.2) is 0 Å². The molecule has 24 heavy (non-hydrogen) atoms. The van der Waals surface area contributed by atoms with E-state index in [1.54, 1.807) is 6.92 Å². The van der Waals surface area contributed by atoms with Gasteiger partial charge in [0.15, 0.2) is 0 Å². The lowest BCUT2D eigenvalue weighted by Gasteiger charge is -2.21. The number of halogens is 3. The third kappa shape index (κ3) is 6.45. The van der Waals surface area contributed by atoms with Crippen molar-refractivity contribution in [3.63, 3.8) is 0 Å². The molecular formula is C15H18F3NO5. The number of hydrogen-bond donors (Lipinski definition) is 2. The first-order valence-corrected chi connectivity index (χ1v) is 7.07. The van der Waals surface area contributed by atoms with Crippen molar-refractivity contribution >= 4 is 11.9 Å². The lowest BCUT2D eigenvalue weighted by molar-refractivity contribution is -0.274. The highest BCUT2D eigenvalue weighted by Crippen LogP contribution is 2.25. The van der Waals surface area contributed by atoms with Crippen LogP contribution in [0.4, 0.5) is 13.2 Å². The van der Waals surface area contributed by atoms with Gasteiger partial charge in [-0.05, 0) is 24.1 Å². The molecule has 1 aromatic rings. The smallest absolute Gasteiger partial charge is 0.481 e. The van der Waals surface area contributed by atoms with E-state index in [9.17, 15) is 22.8 Å². The first-order chi connectivity index (χ1) is 11.2. The van der Waals surface area contributed by atoms with Gasteiger partial charge in [-0.3, -0.25) is 9.59 Å². The van der Waals surface area contributed by atoms with Gasteiger partial charge in [0.25, 0.3) is 0 Å². The van der Waals surface area contributed by atoms with Gasteiger partial charge in [-0.2, -0.15) is 0 Å². The largest absolute Gasteiger partial charge is 0.573 e. The van der Waals surface area contributed by atoms with Gasteiger partial charge in [0, 0.05) is 7.11 Å². The van der Waals surface area contributed by atoms with Crippen LogP contribution in [-0.2, 0) is 14.3 Å².